The van der Waals surface area contributed by atoms with E-state index in [-0.39, 0.29) is 18.2 Å². The molecular weight excluding hydrogens is 374 g/mol. The van der Waals surface area contributed by atoms with Crippen LogP contribution >= 0.6 is 11.3 Å². The number of anilines is 1. The molecule has 4 rings (SSSR count). The second-order valence-corrected chi connectivity index (χ2v) is 7.91. The van der Waals surface area contributed by atoms with Crippen LogP contribution in [-0.4, -0.2) is 34.3 Å². The van der Waals surface area contributed by atoms with Crippen molar-refractivity contribution >= 4 is 28.7 Å². The molecule has 3 aromatic rings. The van der Waals surface area contributed by atoms with Crippen molar-refractivity contribution in [3.8, 4) is 27.7 Å². The molecule has 2 aromatic heterocycles. The van der Waals surface area contributed by atoms with Crippen molar-refractivity contribution in [1.82, 2.24) is 9.97 Å². The molecule has 3 heterocycles. The molecular formula is C21H19N3O3S. The van der Waals surface area contributed by atoms with Crippen LogP contribution in [0.5, 0.6) is 5.75 Å². The monoisotopic (exact) mass is 393 g/mol. The predicted octanol–water partition coefficient (Wildman–Crippen LogP) is 3.88. The summed E-state index contributed by atoms with van der Waals surface area (Å²) in [7, 11) is 0. The smallest absolute Gasteiger partial charge is 0.268 e. The molecule has 0 fully saturated rings. The topological polar surface area (TPSA) is 72.4 Å². The number of aryl methyl sites for hydroxylation is 1. The maximum absolute atomic E-state index is 12.6. The third-order valence-electron chi connectivity index (χ3n) is 4.50. The Morgan fingerprint density at radius 1 is 1.29 bits per heavy atom. The van der Waals surface area contributed by atoms with Crippen molar-refractivity contribution in [2.24, 2.45) is 0 Å². The van der Waals surface area contributed by atoms with Gasteiger partial charge >= 0.3 is 0 Å². The summed E-state index contributed by atoms with van der Waals surface area (Å²) < 4.78 is 5.72. The maximum Gasteiger partial charge on any atom is 0.268 e. The Morgan fingerprint density at radius 2 is 2.11 bits per heavy atom. The molecule has 1 aromatic carbocycles. The number of amides is 1. The molecule has 0 aliphatic carbocycles. The lowest BCUT2D eigenvalue weighted by Gasteiger charge is -2.32. The molecule has 0 N–H and O–H groups in total. The van der Waals surface area contributed by atoms with Gasteiger partial charge in [-0.25, -0.2) is 4.98 Å². The summed E-state index contributed by atoms with van der Waals surface area (Å²) >= 11 is 1.57. The molecule has 142 valence electrons. The van der Waals surface area contributed by atoms with Crippen LogP contribution < -0.4 is 9.64 Å². The number of benzene rings is 1. The number of carbonyl (C=O) groups excluding carboxylic acids is 2. The minimum atomic E-state index is -0.616. The van der Waals surface area contributed by atoms with Gasteiger partial charge in [0, 0.05) is 16.6 Å². The van der Waals surface area contributed by atoms with Gasteiger partial charge in [-0.1, -0.05) is 6.07 Å². The van der Waals surface area contributed by atoms with Crippen molar-refractivity contribution in [3.05, 3.63) is 47.5 Å². The zero-order valence-electron chi connectivity index (χ0n) is 15.8. The lowest BCUT2D eigenvalue weighted by molar-refractivity contribution is -0.127. The van der Waals surface area contributed by atoms with E-state index in [2.05, 4.69) is 4.98 Å². The van der Waals surface area contributed by atoms with Crippen molar-refractivity contribution in [2.45, 2.75) is 26.9 Å². The number of thiazole rings is 1. The van der Waals surface area contributed by atoms with Gasteiger partial charge in [-0.05, 0) is 51.1 Å². The first-order valence-corrected chi connectivity index (χ1v) is 9.76. The predicted molar refractivity (Wildman–Crippen MR) is 109 cm³/mol. The van der Waals surface area contributed by atoms with E-state index in [0.29, 0.717) is 11.4 Å². The van der Waals surface area contributed by atoms with Crippen molar-refractivity contribution in [3.63, 3.8) is 0 Å². The number of ketones is 1. The van der Waals surface area contributed by atoms with Gasteiger partial charge in [-0.2, -0.15) is 0 Å². The molecule has 0 spiro atoms. The number of rotatable bonds is 4. The minimum Gasteiger partial charge on any atom is -0.479 e. The molecule has 6 nitrogen and oxygen atoms in total. The standard InChI is InChI=1S/C21H19N3O3S/c1-12(25)11-24-17-10-15(7-8-18(17)27-13(2)21(24)26)19-14(3)28-20(23-19)16-6-4-5-9-22-16/h4-10,13H,11H2,1-3H3. The van der Waals surface area contributed by atoms with Gasteiger partial charge in [-0.3, -0.25) is 19.5 Å². The van der Waals surface area contributed by atoms with Crippen LogP contribution in [0.4, 0.5) is 5.69 Å². The number of carbonyl (C=O) groups is 2. The first-order chi connectivity index (χ1) is 13.4. The van der Waals surface area contributed by atoms with Crippen LogP contribution in [0.15, 0.2) is 42.6 Å². The molecule has 1 amide bonds. The van der Waals surface area contributed by atoms with E-state index >= 15 is 0 Å². The fourth-order valence-corrected chi connectivity index (χ4v) is 4.12. The average Bonchev–Trinajstić information content (AvgIpc) is 3.07. The number of hydrogen-bond acceptors (Lipinski definition) is 6. The van der Waals surface area contributed by atoms with Crippen LogP contribution in [0, 0.1) is 6.92 Å². The SMILES string of the molecule is CC(=O)CN1C(=O)C(C)Oc2ccc(-c3nc(-c4ccccn4)sc3C)cc21. The zero-order chi connectivity index (χ0) is 19.8. The third kappa shape index (κ3) is 3.29. The second kappa shape index (κ2) is 7.16. The van der Waals surface area contributed by atoms with Crippen molar-refractivity contribution < 1.29 is 14.3 Å². The minimum absolute atomic E-state index is 0.0260. The fraction of sp³-hybridized carbons (Fsp3) is 0.238. The summed E-state index contributed by atoms with van der Waals surface area (Å²) in [6, 6.07) is 11.4. The Hall–Kier alpha value is -3.06. The molecule has 1 atom stereocenters. The maximum atomic E-state index is 12.6. The third-order valence-corrected chi connectivity index (χ3v) is 5.50. The first-order valence-electron chi connectivity index (χ1n) is 8.95. The highest BCUT2D eigenvalue weighted by Gasteiger charge is 2.32. The lowest BCUT2D eigenvalue weighted by Crippen LogP contribution is -2.46. The molecule has 1 aliphatic heterocycles. The van der Waals surface area contributed by atoms with E-state index in [9.17, 15) is 9.59 Å². The van der Waals surface area contributed by atoms with Crippen LogP contribution in [-0.2, 0) is 9.59 Å². The Kier molecular flexibility index (Phi) is 4.68. The molecule has 0 radical (unpaired) electrons. The van der Waals surface area contributed by atoms with Crippen LogP contribution in [0.1, 0.15) is 18.7 Å². The van der Waals surface area contributed by atoms with Gasteiger partial charge < -0.3 is 4.74 Å². The number of fused-ring (bicyclic) bond motifs is 1. The van der Waals surface area contributed by atoms with E-state index in [4.69, 9.17) is 9.72 Å². The number of aromatic nitrogens is 2. The number of pyridine rings is 1. The van der Waals surface area contributed by atoms with Gasteiger partial charge in [0.25, 0.3) is 5.91 Å². The summed E-state index contributed by atoms with van der Waals surface area (Å²) in [4.78, 5) is 35.9. The van der Waals surface area contributed by atoms with E-state index in [1.54, 1.807) is 24.5 Å². The van der Waals surface area contributed by atoms with Gasteiger partial charge in [0.1, 0.15) is 16.5 Å². The highest BCUT2D eigenvalue weighted by Crippen LogP contribution is 2.39. The van der Waals surface area contributed by atoms with E-state index in [0.717, 1.165) is 26.8 Å². The molecule has 7 heteroatoms. The normalized spacial score (nSPS) is 15.9. The summed E-state index contributed by atoms with van der Waals surface area (Å²) in [6.07, 6.45) is 1.13. The highest BCUT2D eigenvalue weighted by atomic mass is 32.1. The number of ether oxygens (including phenoxy) is 1. The summed E-state index contributed by atoms with van der Waals surface area (Å²) in [5.41, 5.74) is 3.13. The molecule has 1 aliphatic rings. The zero-order valence-corrected chi connectivity index (χ0v) is 16.6. The number of nitrogens with zero attached hydrogens (tertiary/aromatic N) is 3. The van der Waals surface area contributed by atoms with Crippen molar-refractivity contribution in [1.29, 1.82) is 0 Å². The lowest BCUT2D eigenvalue weighted by atomic mass is 10.1. The highest BCUT2D eigenvalue weighted by molar-refractivity contribution is 7.15. The van der Waals surface area contributed by atoms with Gasteiger partial charge in [0.2, 0.25) is 0 Å². The second-order valence-electron chi connectivity index (χ2n) is 6.71. The largest absolute Gasteiger partial charge is 0.479 e. The fourth-order valence-electron chi connectivity index (χ4n) is 3.20. The molecule has 0 bridgehead atoms. The van der Waals surface area contributed by atoms with Crippen molar-refractivity contribution in [2.75, 3.05) is 11.4 Å². The summed E-state index contributed by atoms with van der Waals surface area (Å²) in [5, 5.41) is 0.840. The van der Waals surface area contributed by atoms with Crippen LogP contribution in [0.3, 0.4) is 0 Å². The van der Waals surface area contributed by atoms with Gasteiger partial charge in [-0.15, -0.1) is 11.3 Å². The van der Waals surface area contributed by atoms with Crippen LogP contribution in [0.2, 0.25) is 0 Å². The van der Waals surface area contributed by atoms with Crippen LogP contribution in [0.25, 0.3) is 22.0 Å². The Balaban J connectivity index is 1.77. The van der Waals surface area contributed by atoms with Gasteiger partial charge in [0.15, 0.2) is 6.10 Å². The van der Waals surface area contributed by atoms with E-state index in [1.807, 2.05) is 43.3 Å². The molecule has 28 heavy (non-hydrogen) atoms. The number of hydrogen-bond donors (Lipinski definition) is 0. The summed E-state index contributed by atoms with van der Waals surface area (Å²) in [5.74, 6) is 0.292. The van der Waals surface area contributed by atoms with E-state index in [1.165, 1.54) is 11.8 Å². The first kappa shape index (κ1) is 18.3. The number of Topliss-reactive ketones (excluding diaryl/α,β-unsaturated/α-hetero) is 1. The Morgan fingerprint density at radius 3 is 2.82 bits per heavy atom. The molecule has 1 unspecified atom stereocenters. The molecule has 0 saturated carbocycles. The Labute approximate surface area is 166 Å². The Bertz CT molecular complexity index is 1060. The van der Waals surface area contributed by atoms with Gasteiger partial charge in [0.05, 0.1) is 23.6 Å². The molecule has 0 saturated heterocycles. The average molecular weight is 393 g/mol. The quantitative estimate of drug-likeness (QED) is 0.673. The summed E-state index contributed by atoms with van der Waals surface area (Å²) in [6.45, 7) is 5.20. The van der Waals surface area contributed by atoms with E-state index < -0.39 is 6.10 Å².